The maximum Gasteiger partial charge on any atom is 0.170 e. The fraction of sp³-hybridized carbons (Fsp3) is 0.462. The van der Waals surface area contributed by atoms with Crippen LogP contribution >= 0.6 is 0 Å². The number of oxime groups is 1. The van der Waals surface area contributed by atoms with Crippen molar-refractivity contribution in [2.45, 2.75) is 19.9 Å². The lowest BCUT2D eigenvalue weighted by molar-refractivity contribution is 0.190. The third-order valence-corrected chi connectivity index (χ3v) is 2.75. The molecule has 0 aliphatic rings. The van der Waals surface area contributed by atoms with Crippen molar-refractivity contribution in [3.05, 3.63) is 35.4 Å². The van der Waals surface area contributed by atoms with E-state index in [1.54, 1.807) is 0 Å². The first-order valence-electron chi connectivity index (χ1n) is 6.12. The summed E-state index contributed by atoms with van der Waals surface area (Å²) in [5.41, 5.74) is 7.38. The Labute approximate surface area is 108 Å². The summed E-state index contributed by atoms with van der Waals surface area (Å²) in [5, 5.41) is 20.8. The lowest BCUT2D eigenvalue weighted by Crippen LogP contribution is -2.28. The maximum absolute atomic E-state index is 9.04. The number of hydrogen-bond acceptors (Lipinski definition) is 4. The highest BCUT2D eigenvalue weighted by Crippen LogP contribution is 2.12. The highest BCUT2D eigenvalue weighted by Gasteiger charge is 2.10. The summed E-state index contributed by atoms with van der Waals surface area (Å²) in [4.78, 5) is 2.14. The molecule has 0 amide bonds. The number of benzene rings is 1. The Morgan fingerprint density at radius 1 is 1.33 bits per heavy atom. The number of rotatable bonds is 7. The van der Waals surface area contributed by atoms with Gasteiger partial charge in [-0.3, -0.25) is 4.90 Å². The minimum absolute atomic E-state index is 0.117. The molecule has 1 rings (SSSR count). The fourth-order valence-corrected chi connectivity index (χ4v) is 1.93. The van der Waals surface area contributed by atoms with E-state index in [0.717, 1.165) is 24.1 Å². The van der Waals surface area contributed by atoms with Gasteiger partial charge in [0.1, 0.15) is 0 Å². The van der Waals surface area contributed by atoms with E-state index in [0.29, 0.717) is 13.1 Å². The van der Waals surface area contributed by atoms with Crippen LogP contribution in [0.5, 0.6) is 0 Å². The minimum atomic E-state index is 0.117. The molecular formula is C13H21N3O2. The molecular weight excluding hydrogens is 230 g/mol. The van der Waals surface area contributed by atoms with Crippen LogP contribution in [0.3, 0.4) is 0 Å². The largest absolute Gasteiger partial charge is 0.409 e. The Kier molecular flexibility index (Phi) is 6.18. The summed E-state index contributed by atoms with van der Waals surface area (Å²) in [6, 6.07) is 7.56. The Balaban J connectivity index is 2.88. The van der Waals surface area contributed by atoms with E-state index in [1.165, 1.54) is 0 Å². The summed E-state index contributed by atoms with van der Waals surface area (Å²) in [6.45, 7) is 4.44. The zero-order valence-corrected chi connectivity index (χ0v) is 10.7. The van der Waals surface area contributed by atoms with Gasteiger partial charge in [-0.1, -0.05) is 36.3 Å². The molecule has 0 spiro atoms. The van der Waals surface area contributed by atoms with Gasteiger partial charge in [0, 0.05) is 18.7 Å². The zero-order valence-electron chi connectivity index (χ0n) is 10.7. The van der Waals surface area contributed by atoms with Crippen LogP contribution < -0.4 is 5.73 Å². The van der Waals surface area contributed by atoms with Crippen molar-refractivity contribution in [1.29, 1.82) is 0 Å². The molecule has 0 bridgehead atoms. The van der Waals surface area contributed by atoms with Gasteiger partial charge in [-0.25, -0.2) is 0 Å². The Hall–Kier alpha value is -1.59. The summed E-state index contributed by atoms with van der Waals surface area (Å²) in [5.74, 6) is 0.117. The van der Waals surface area contributed by atoms with Gasteiger partial charge in [-0.15, -0.1) is 0 Å². The number of hydrogen-bond donors (Lipinski definition) is 3. The molecule has 0 fully saturated rings. The molecule has 0 aliphatic heterocycles. The Morgan fingerprint density at radius 3 is 2.67 bits per heavy atom. The first-order valence-corrected chi connectivity index (χ1v) is 6.12. The molecule has 0 aromatic heterocycles. The Bertz CT molecular complexity index is 388. The molecule has 0 atom stereocenters. The highest BCUT2D eigenvalue weighted by atomic mass is 16.4. The number of aliphatic hydroxyl groups excluding tert-OH is 1. The molecule has 100 valence electrons. The van der Waals surface area contributed by atoms with Crippen molar-refractivity contribution >= 4 is 5.84 Å². The lowest BCUT2D eigenvalue weighted by atomic mass is 10.1. The average molecular weight is 251 g/mol. The molecule has 5 heteroatoms. The molecule has 0 radical (unpaired) electrons. The van der Waals surface area contributed by atoms with E-state index >= 15 is 0 Å². The van der Waals surface area contributed by atoms with Crippen molar-refractivity contribution in [2.24, 2.45) is 10.9 Å². The predicted octanol–water partition coefficient (Wildman–Crippen LogP) is 0.985. The second-order valence-corrected chi connectivity index (χ2v) is 4.14. The second kappa shape index (κ2) is 7.68. The van der Waals surface area contributed by atoms with E-state index in [9.17, 15) is 0 Å². The normalized spacial score (nSPS) is 12.1. The molecule has 0 saturated heterocycles. The van der Waals surface area contributed by atoms with E-state index in [1.807, 2.05) is 24.3 Å². The summed E-state index contributed by atoms with van der Waals surface area (Å²) in [6.07, 6.45) is 1.02. The van der Waals surface area contributed by atoms with Crippen LogP contribution in [0.2, 0.25) is 0 Å². The highest BCUT2D eigenvalue weighted by molar-refractivity contribution is 5.98. The van der Waals surface area contributed by atoms with Crippen molar-refractivity contribution in [1.82, 2.24) is 4.90 Å². The SMILES string of the molecule is CCCN(CCO)Cc1ccccc1/C(N)=N/O. The number of nitrogens with two attached hydrogens (primary N) is 1. The van der Waals surface area contributed by atoms with E-state index in [4.69, 9.17) is 16.0 Å². The molecule has 0 saturated carbocycles. The summed E-state index contributed by atoms with van der Waals surface area (Å²) in [7, 11) is 0. The van der Waals surface area contributed by atoms with Gasteiger partial charge in [0.05, 0.1) is 6.61 Å². The van der Waals surface area contributed by atoms with Gasteiger partial charge < -0.3 is 16.0 Å². The van der Waals surface area contributed by atoms with Gasteiger partial charge in [-0.05, 0) is 18.5 Å². The van der Waals surface area contributed by atoms with E-state index in [-0.39, 0.29) is 12.4 Å². The Morgan fingerprint density at radius 2 is 2.06 bits per heavy atom. The molecule has 18 heavy (non-hydrogen) atoms. The quantitative estimate of drug-likeness (QED) is 0.292. The second-order valence-electron chi connectivity index (χ2n) is 4.14. The van der Waals surface area contributed by atoms with Crippen LogP contribution in [0.25, 0.3) is 0 Å². The molecule has 0 heterocycles. The average Bonchev–Trinajstić information content (AvgIpc) is 2.39. The van der Waals surface area contributed by atoms with Gasteiger partial charge in [-0.2, -0.15) is 0 Å². The van der Waals surface area contributed by atoms with E-state index in [2.05, 4.69) is 17.0 Å². The minimum Gasteiger partial charge on any atom is -0.409 e. The smallest absolute Gasteiger partial charge is 0.170 e. The molecule has 1 aromatic carbocycles. The van der Waals surface area contributed by atoms with Crippen molar-refractivity contribution < 1.29 is 10.3 Å². The van der Waals surface area contributed by atoms with Crippen molar-refractivity contribution in [3.8, 4) is 0 Å². The lowest BCUT2D eigenvalue weighted by Gasteiger charge is -2.21. The monoisotopic (exact) mass is 251 g/mol. The molecule has 0 unspecified atom stereocenters. The van der Waals surface area contributed by atoms with Crippen LogP contribution in [0.1, 0.15) is 24.5 Å². The van der Waals surface area contributed by atoms with Gasteiger partial charge in [0.2, 0.25) is 0 Å². The molecule has 4 N–H and O–H groups in total. The third-order valence-electron chi connectivity index (χ3n) is 2.75. The van der Waals surface area contributed by atoms with E-state index < -0.39 is 0 Å². The summed E-state index contributed by atoms with van der Waals surface area (Å²) < 4.78 is 0. The predicted molar refractivity (Wildman–Crippen MR) is 71.6 cm³/mol. The van der Waals surface area contributed by atoms with Crippen LogP contribution in [-0.2, 0) is 6.54 Å². The summed E-state index contributed by atoms with van der Waals surface area (Å²) >= 11 is 0. The number of nitrogens with zero attached hydrogens (tertiary/aromatic N) is 2. The number of amidine groups is 1. The van der Waals surface area contributed by atoms with Crippen LogP contribution in [-0.4, -0.2) is 40.7 Å². The first-order chi connectivity index (χ1) is 8.72. The molecule has 5 nitrogen and oxygen atoms in total. The molecule has 0 aliphatic carbocycles. The van der Waals surface area contributed by atoms with Gasteiger partial charge >= 0.3 is 0 Å². The standard InChI is InChI=1S/C13H21N3O2/c1-2-7-16(8-9-17)10-11-5-3-4-6-12(11)13(14)15-18/h3-6,17-18H,2,7-10H2,1H3,(H2,14,15). The third kappa shape index (κ3) is 4.01. The fourth-order valence-electron chi connectivity index (χ4n) is 1.93. The van der Waals surface area contributed by atoms with Gasteiger partial charge in [0.25, 0.3) is 0 Å². The maximum atomic E-state index is 9.04. The topological polar surface area (TPSA) is 82.1 Å². The molecule has 1 aromatic rings. The van der Waals surface area contributed by atoms with Crippen LogP contribution in [0, 0.1) is 0 Å². The first kappa shape index (κ1) is 14.5. The van der Waals surface area contributed by atoms with Crippen LogP contribution in [0.15, 0.2) is 29.4 Å². The van der Waals surface area contributed by atoms with Crippen molar-refractivity contribution in [3.63, 3.8) is 0 Å². The van der Waals surface area contributed by atoms with Gasteiger partial charge in [0.15, 0.2) is 5.84 Å². The number of aliphatic hydroxyl groups is 1. The van der Waals surface area contributed by atoms with Crippen LogP contribution in [0.4, 0.5) is 0 Å². The van der Waals surface area contributed by atoms with Crippen molar-refractivity contribution in [2.75, 3.05) is 19.7 Å². The zero-order chi connectivity index (χ0) is 13.4.